The first-order valence-electron chi connectivity index (χ1n) is 5.06. The standard InChI is InChI=1S/C11H16N2O3/c12-11(15)10(14)8-13-6-7-16-9-4-2-1-3-5-9/h1-5,10,13-14H,6-8H2,(H2,12,15). The van der Waals surface area contributed by atoms with E-state index in [0.717, 1.165) is 5.75 Å². The number of primary amides is 1. The number of hydrogen-bond acceptors (Lipinski definition) is 4. The molecule has 4 N–H and O–H groups in total. The highest BCUT2D eigenvalue weighted by atomic mass is 16.5. The molecule has 0 saturated heterocycles. The zero-order valence-electron chi connectivity index (χ0n) is 8.93. The van der Waals surface area contributed by atoms with Gasteiger partial charge in [0.05, 0.1) is 0 Å². The zero-order valence-corrected chi connectivity index (χ0v) is 8.93. The molecule has 0 fully saturated rings. The first-order valence-corrected chi connectivity index (χ1v) is 5.06. The molecule has 0 aliphatic heterocycles. The molecule has 0 aliphatic rings. The SMILES string of the molecule is NC(=O)C(O)CNCCOc1ccccc1. The predicted octanol–water partition coefficient (Wildman–Crippen LogP) is -0.499. The summed E-state index contributed by atoms with van der Waals surface area (Å²) in [6.07, 6.45) is -1.14. The number of ether oxygens (including phenoxy) is 1. The molecule has 0 bridgehead atoms. The van der Waals surface area contributed by atoms with Crippen LogP contribution < -0.4 is 15.8 Å². The van der Waals surface area contributed by atoms with E-state index in [1.54, 1.807) is 0 Å². The Hall–Kier alpha value is -1.59. The summed E-state index contributed by atoms with van der Waals surface area (Å²) in [6, 6.07) is 9.41. The molecule has 1 aromatic rings. The fraction of sp³-hybridized carbons (Fsp3) is 0.364. The quantitative estimate of drug-likeness (QED) is 0.545. The number of hydrogen-bond donors (Lipinski definition) is 3. The van der Waals surface area contributed by atoms with Gasteiger partial charge in [-0.25, -0.2) is 0 Å². The van der Waals surface area contributed by atoms with Crippen LogP contribution in [0.1, 0.15) is 0 Å². The summed E-state index contributed by atoms with van der Waals surface area (Å²) >= 11 is 0. The van der Waals surface area contributed by atoms with Gasteiger partial charge in [0.1, 0.15) is 18.5 Å². The van der Waals surface area contributed by atoms with Crippen LogP contribution in [0.4, 0.5) is 0 Å². The molecule has 0 aromatic heterocycles. The van der Waals surface area contributed by atoms with E-state index in [1.807, 2.05) is 30.3 Å². The molecule has 0 saturated carbocycles. The Kier molecular flexibility index (Phi) is 5.31. The molecular weight excluding hydrogens is 208 g/mol. The van der Waals surface area contributed by atoms with Crippen molar-refractivity contribution in [2.75, 3.05) is 19.7 Å². The van der Waals surface area contributed by atoms with Crippen molar-refractivity contribution in [2.45, 2.75) is 6.10 Å². The largest absolute Gasteiger partial charge is 0.492 e. The van der Waals surface area contributed by atoms with Crippen LogP contribution >= 0.6 is 0 Å². The van der Waals surface area contributed by atoms with Gasteiger partial charge in [-0.1, -0.05) is 18.2 Å². The molecule has 0 spiro atoms. The van der Waals surface area contributed by atoms with Crippen LogP contribution in [-0.4, -0.2) is 36.8 Å². The molecular formula is C11H16N2O3. The lowest BCUT2D eigenvalue weighted by molar-refractivity contribution is -0.125. The third-order valence-electron chi connectivity index (χ3n) is 1.96. The molecule has 1 unspecified atom stereocenters. The molecule has 1 rings (SSSR count). The van der Waals surface area contributed by atoms with Crippen molar-refractivity contribution >= 4 is 5.91 Å². The second kappa shape index (κ2) is 6.81. The Labute approximate surface area is 94.2 Å². The lowest BCUT2D eigenvalue weighted by atomic mass is 10.3. The number of para-hydroxylation sites is 1. The van der Waals surface area contributed by atoms with Gasteiger partial charge in [-0.3, -0.25) is 4.79 Å². The number of rotatable bonds is 7. The number of amides is 1. The molecule has 16 heavy (non-hydrogen) atoms. The third kappa shape index (κ3) is 4.77. The minimum Gasteiger partial charge on any atom is -0.492 e. The summed E-state index contributed by atoms with van der Waals surface area (Å²) in [5.74, 6) is 0.0660. The van der Waals surface area contributed by atoms with Gasteiger partial charge in [0.15, 0.2) is 0 Å². The van der Waals surface area contributed by atoms with Crippen molar-refractivity contribution < 1.29 is 14.6 Å². The van der Waals surface area contributed by atoms with Gasteiger partial charge in [-0.15, -0.1) is 0 Å². The van der Waals surface area contributed by atoms with Crippen LogP contribution in [0.5, 0.6) is 5.75 Å². The van der Waals surface area contributed by atoms with Gasteiger partial charge < -0.3 is 20.9 Å². The summed E-state index contributed by atoms with van der Waals surface area (Å²) in [4.78, 5) is 10.5. The molecule has 5 heteroatoms. The highest BCUT2D eigenvalue weighted by Crippen LogP contribution is 2.07. The molecule has 1 amide bonds. The number of carbonyl (C=O) groups is 1. The van der Waals surface area contributed by atoms with E-state index in [-0.39, 0.29) is 6.54 Å². The molecule has 0 radical (unpaired) electrons. The van der Waals surface area contributed by atoms with E-state index in [1.165, 1.54) is 0 Å². The van der Waals surface area contributed by atoms with E-state index in [0.29, 0.717) is 13.2 Å². The van der Waals surface area contributed by atoms with Gasteiger partial charge in [-0.2, -0.15) is 0 Å². The van der Waals surface area contributed by atoms with Crippen LogP contribution in [0, 0.1) is 0 Å². The van der Waals surface area contributed by atoms with Crippen molar-refractivity contribution in [2.24, 2.45) is 5.73 Å². The van der Waals surface area contributed by atoms with Gasteiger partial charge in [0.25, 0.3) is 0 Å². The Bertz CT molecular complexity index is 316. The smallest absolute Gasteiger partial charge is 0.247 e. The highest BCUT2D eigenvalue weighted by molar-refractivity contribution is 5.78. The Balaban J connectivity index is 2.07. The number of aliphatic hydroxyl groups excluding tert-OH is 1. The Morgan fingerprint density at radius 3 is 2.75 bits per heavy atom. The summed E-state index contributed by atoms with van der Waals surface area (Å²) in [6.45, 7) is 1.15. The highest BCUT2D eigenvalue weighted by Gasteiger charge is 2.08. The summed E-state index contributed by atoms with van der Waals surface area (Å²) < 4.78 is 5.39. The average Bonchev–Trinajstić information content (AvgIpc) is 2.29. The lowest BCUT2D eigenvalue weighted by Gasteiger charge is -2.09. The van der Waals surface area contributed by atoms with Crippen molar-refractivity contribution in [3.63, 3.8) is 0 Å². The molecule has 0 aliphatic carbocycles. The van der Waals surface area contributed by atoms with Gasteiger partial charge in [-0.05, 0) is 12.1 Å². The predicted molar refractivity (Wildman–Crippen MR) is 60.0 cm³/mol. The summed E-state index contributed by atoms with van der Waals surface area (Å²) in [7, 11) is 0. The second-order valence-corrected chi connectivity index (χ2v) is 3.28. The van der Waals surface area contributed by atoms with E-state index in [4.69, 9.17) is 15.6 Å². The van der Waals surface area contributed by atoms with Gasteiger partial charge in [0, 0.05) is 13.1 Å². The van der Waals surface area contributed by atoms with Gasteiger partial charge in [0.2, 0.25) is 5.91 Å². The minimum atomic E-state index is -1.14. The molecule has 88 valence electrons. The molecule has 1 aromatic carbocycles. The summed E-state index contributed by atoms with van der Waals surface area (Å²) in [5.41, 5.74) is 4.88. The monoisotopic (exact) mass is 224 g/mol. The maximum atomic E-state index is 10.5. The van der Waals surface area contributed by atoms with Gasteiger partial charge >= 0.3 is 0 Å². The number of benzene rings is 1. The molecule has 0 heterocycles. The topological polar surface area (TPSA) is 84.6 Å². The first-order chi connectivity index (χ1) is 7.70. The van der Waals surface area contributed by atoms with Crippen molar-refractivity contribution in [1.82, 2.24) is 5.32 Å². The molecule has 5 nitrogen and oxygen atoms in total. The van der Waals surface area contributed by atoms with E-state index >= 15 is 0 Å². The fourth-order valence-corrected chi connectivity index (χ4v) is 1.10. The number of nitrogens with two attached hydrogens (primary N) is 1. The van der Waals surface area contributed by atoms with Crippen LogP contribution in [0.15, 0.2) is 30.3 Å². The Morgan fingerprint density at radius 2 is 2.12 bits per heavy atom. The maximum Gasteiger partial charge on any atom is 0.247 e. The third-order valence-corrected chi connectivity index (χ3v) is 1.96. The van der Waals surface area contributed by atoms with E-state index in [2.05, 4.69) is 5.32 Å². The van der Waals surface area contributed by atoms with Crippen LogP contribution in [0.25, 0.3) is 0 Å². The number of nitrogens with one attached hydrogen (secondary N) is 1. The summed E-state index contributed by atoms with van der Waals surface area (Å²) in [5, 5.41) is 11.9. The van der Waals surface area contributed by atoms with E-state index < -0.39 is 12.0 Å². The van der Waals surface area contributed by atoms with Crippen LogP contribution in [0.3, 0.4) is 0 Å². The van der Waals surface area contributed by atoms with Crippen LogP contribution in [0.2, 0.25) is 0 Å². The normalized spacial score (nSPS) is 12.1. The van der Waals surface area contributed by atoms with Crippen molar-refractivity contribution in [1.29, 1.82) is 0 Å². The number of carbonyl (C=O) groups excluding carboxylic acids is 1. The number of aliphatic hydroxyl groups is 1. The fourth-order valence-electron chi connectivity index (χ4n) is 1.10. The lowest BCUT2D eigenvalue weighted by Crippen LogP contribution is -2.38. The van der Waals surface area contributed by atoms with E-state index in [9.17, 15) is 4.79 Å². The van der Waals surface area contributed by atoms with Crippen molar-refractivity contribution in [3.8, 4) is 5.75 Å². The first kappa shape index (κ1) is 12.5. The second-order valence-electron chi connectivity index (χ2n) is 3.28. The van der Waals surface area contributed by atoms with Crippen molar-refractivity contribution in [3.05, 3.63) is 30.3 Å². The maximum absolute atomic E-state index is 10.5. The zero-order chi connectivity index (χ0) is 11.8. The Morgan fingerprint density at radius 1 is 1.44 bits per heavy atom. The minimum absolute atomic E-state index is 0.146. The molecule has 1 atom stereocenters. The average molecular weight is 224 g/mol. The van der Waals surface area contributed by atoms with Crippen LogP contribution in [-0.2, 0) is 4.79 Å².